The SMILES string of the molecule is C=CCOC(=O)c1ccc(OC(F)=C(F)C(F)(F)C(F)(F)C(F)(F)C(F)(F)C(F)(F)C(F)(F)C(F)(F)F)cc1. The lowest BCUT2D eigenvalue weighted by Crippen LogP contribution is -2.72. The monoisotopic (exact) mass is 608 g/mol. The second-order valence-electron chi connectivity index (χ2n) is 7.05. The van der Waals surface area contributed by atoms with Crippen molar-refractivity contribution in [1.29, 1.82) is 0 Å². The quantitative estimate of drug-likeness (QED) is 0.111. The lowest BCUT2D eigenvalue weighted by atomic mass is 9.91. The molecule has 1 rings (SSSR count). The molecule has 20 heteroatoms. The highest BCUT2D eigenvalue weighted by Gasteiger charge is 2.93. The van der Waals surface area contributed by atoms with Crippen molar-refractivity contribution in [3.8, 4) is 5.75 Å². The molecule has 0 amide bonds. The zero-order chi connectivity index (χ0) is 31.0. The fourth-order valence-electron chi connectivity index (χ4n) is 2.25. The number of benzene rings is 1. The maximum absolute atomic E-state index is 13.7. The van der Waals surface area contributed by atoms with E-state index in [9.17, 15) is 79.4 Å². The number of carbonyl (C=O) groups is 1. The van der Waals surface area contributed by atoms with Gasteiger partial charge in [0.2, 0.25) is 5.83 Å². The van der Waals surface area contributed by atoms with Gasteiger partial charge in [0.05, 0.1) is 5.56 Å². The van der Waals surface area contributed by atoms with Gasteiger partial charge in [0, 0.05) is 0 Å². The van der Waals surface area contributed by atoms with Crippen LogP contribution in [0.25, 0.3) is 0 Å². The number of rotatable bonds is 11. The molecule has 0 aliphatic rings. The summed E-state index contributed by atoms with van der Waals surface area (Å²) in [5, 5.41) is 0. The fraction of sp³-hybridized carbons (Fsp3) is 0.421. The van der Waals surface area contributed by atoms with Gasteiger partial charge in [-0.05, 0) is 24.3 Å². The maximum Gasteiger partial charge on any atom is 0.460 e. The molecule has 0 N–H and O–H groups in total. The third kappa shape index (κ3) is 5.45. The molecule has 39 heavy (non-hydrogen) atoms. The second-order valence-corrected chi connectivity index (χ2v) is 7.05. The first-order valence-corrected chi connectivity index (χ1v) is 9.21. The number of esters is 1. The van der Waals surface area contributed by atoms with Crippen LogP contribution in [0.3, 0.4) is 0 Å². The lowest BCUT2D eigenvalue weighted by Gasteiger charge is -2.41. The van der Waals surface area contributed by atoms with Crippen LogP contribution in [0.1, 0.15) is 10.4 Å². The maximum atomic E-state index is 13.7. The zero-order valence-corrected chi connectivity index (χ0v) is 18.0. The number of hydrogen-bond donors (Lipinski definition) is 0. The molecule has 1 aromatic carbocycles. The molecule has 0 heterocycles. The van der Waals surface area contributed by atoms with Crippen molar-refractivity contribution >= 4 is 5.97 Å². The summed E-state index contributed by atoms with van der Waals surface area (Å²) in [4.78, 5) is 11.5. The van der Waals surface area contributed by atoms with Crippen molar-refractivity contribution in [2.24, 2.45) is 0 Å². The van der Waals surface area contributed by atoms with E-state index >= 15 is 0 Å². The minimum atomic E-state index is -8.67. The van der Waals surface area contributed by atoms with Crippen molar-refractivity contribution in [3.05, 3.63) is 54.3 Å². The zero-order valence-electron chi connectivity index (χ0n) is 18.0. The predicted octanol–water partition coefficient (Wildman–Crippen LogP) is 7.89. The highest BCUT2D eigenvalue weighted by molar-refractivity contribution is 5.89. The number of alkyl halides is 15. The molecule has 0 bridgehead atoms. The molecule has 0 atom stereocenters. The Morgan fingerprint density at radius 3 is 1.51 bits per heavy atom. The molecule has 222 valence electrons. The Morgan fingerprint density at radius 1 is 0.692 bits per heavy atom. The molecule has 0 aliphatic heterocycles. The highest BCUT2D eigenvalue weighted by Crippen LogP contribution is 2.63. The molecule has 0 unspecified atom stereocenters. The van der Waals surface area contributed by atoms with E-state index in [1.807, 2.05) is 0 Å². The van der Waals surface area contributed by atoms with Crippen LogP contribution in [-0.2, 0) is 4.74 Å². The van der Waals surface area contributed by atoms with Crippen LogP contribution in [-0.4, -0.2) is 54.3 Å². The molecule has 0 saturated carbocycles. The first kappa shape index (κ1) is 33.8. The highest BCUT2D eigenvalue weighted by atomic mass is 19.4. The van der Waals surface area contributed by atoms with Crippen LogP contribution in [0.15, 0.2) is 48.8 Å². The third-order valence-corrected chi connectivity index (χ3v) is 4.41. The molecule has 0 saturated heterocycles. The Morgan fingerprint density at radius 2 is 1.10 bits per heavy atom. The van der Waals surface area contributed by atoms with Gasteiger partial charge >= 0.3 is 53.7 Å². The van der Waals surface area contributed by atoms with E-state index in [0.717, 1.165) is 6.08 Å². The Kier molecular flexibility index (Phi) is 9.01. The molecular weight excluding hydrogens is 599 g/mol. The topological polar surface area (TPSA) is 35.5 Å². The Bertz CT molecular complexity index is 1090. The molecule has 0 fully saturated rings. The van der Waals surface area contributed by atoms with E-state index in [0.29, 0.717) is 24.3 Å². The van der Waals surface area contributed by atoms with E-state index in [1.165, 1.54) is 0 Å². The smallest absolute Gasteiger partial charge is 0.458 e. The van der Waals surface area contributed by atoms with Gasteiger partial charge in [-0.3, -0.25) is 0 Å². The third-order valence-electron chi connectivity index (χ3n) is 4.41. The number of ether oxygens (including phenoxy) is 2. The van der Waals surface area contributed by atoms with E-state index in [1.54, 1.807) is 0 Å². The summed E-state index contributed by atoms with van der Waals surface area (Å²) in [5.41, 5.74) is -0.385. The van der Waals surface area contributed by atoms with Crippen molar-refractivity contribution in [3.63, 3.8) is 0 Å². The average Bonchev–Trinajstić information content (AvgIpc) is 2.80. The summed E-state index contributed by atoms with van der Waals surface area (Å²) in [7, 11) is 0. The summed E-state index contributed by atoms with van der Waals surface area (Å²) in [6, 6.07) is -1.45. The van der Waals surface area contributed by atoms with Crippen LogP contribution in [0.4, 0.5) is 74.6 Å². The second kappa shape index (κ2) is 10.4. The van der Waals surface area contributed by atoms with Crippen LogP contribution in [0.2, 0.25) is 0 Å². The Hall–Kier alpha value is -3.22. The van der Waals surface area contributed by atoms with Gasteiger partial charge in [0.1, 0.15) is 12.4 Å². The molecule has 1 aromatic rings. The molecule has 0 spiro atoms. The van der Waals surface area contributed by atoms with Crippen LogP contribution in [0.5, 0.6) is 5.75 Å². The largest absolute Gasteiger partial charge is 0.460 e. The number of hydrogen-bond acceptors (Lipinski definition) is 3. The van der Waals surface area contributed by atoms with Crippen LogP contribution < -0.4 is 4.74 Å². The minimum Gasteiger partial charge on any atom is -0.458 e. The standard InChI is InChI=1S/C19H9F17O3/c1-2-7-38-12(37)8-3-5-9(6-4-8)39-11(21)10(20)13(22,23)14(24,25)15(26,27)16(28,29)17(30,31)18(32,33)19(34,35)36/h2-6H,1,7H2. The van der Waals surface area contributed by atoms with Crippen molar-refractivity contribution in [1.82, 2.24) is 0 Å². The number of carbonyl (C=O) groups excluding carboxylic acids is 1. The number of allylic oxidation sites excluding steroid dienone is 1. The molecule has 3 nitrogen and oxygen atoms in total. The van der Waals surface area contributed by atoms with E-state index in [4.69, 9.17) is 0 Å². The van der Waals surface area contributed by atoms with Crippen LogP contribution in [0, 0.1) is 0 Å². The van der Waals surface area contributed by atoms with Gasteiger partial charge in [-0.1, -0.05) is 12.7 Å². The first-order chi connectivity index (χ1) is 17.3. The van der Waals surface area contributed by atoms with E-state index < -0.39 is 65.3 Å². The molecular formula is C19H9F17O3. The molecule has 0 aromatic heterocycles. The predicted molar refractivity (Wildman–Crippen MR) is 92.5 cm³/mol. The van der Waals surface area contributed by atoms with Gasteiger partial charge < -0.3 is 9.47 Å². The lowest BCUT2D eigenvalue weighted by molar-refractivity contribution is -0.451. The number of halogens is 17. The normalized spacial score (nSPS) is 15.0. The summed E-state index contributed by atoms with van der Waals surface area (Å²) in [6.07, 6.45) is -6.70. The average molecular weight is 608 g/mol. The van der Waals surface area contributed by atoms with Crippen molar-refractivity contribution in [2.45, 2.75) is 41.7 Å². The van der Waals surface area contributed by atoms with Crippen molar-refractivity contribution < 1.29 is 88.9 Å². The van der Waals surface area contributed by atoms with E-state index in [2.05, 4.69) is 16.1 Å². The van der Waals surface area contributed by atoms with Gasteiger partial charge in [0.15, 0.2) is 0 Å². The first-order valence-electron chi connectivity index (χ1n) is 9.21. The van der Waals surface area contributed by atoms with Gasteiger partial charge in [0.25, 0.3) is 0 Å². The van der Waals surface area contributed by atoms with Crippen LogP contribution >= 0.6 is 0 Å². The molecule has 0 aliphatic carbocycles. The summed E-state index contributed by atoms with van der Waals surface area (Å²) in [5.74, 6) is -56.7. The Labute approximate surface area is 204 Å². The van der Waals surface area contributed by atoms with Gasteiger partial charge in [-0.15, -0.1) is 0 Å². The summed E-state index contributed by atoms with van der Waals surface area (Å²) < 4.78 is 232. The van der Waals surface area contributed by atoms with E-state index in [-0.39, 0.29) is 12.2 Å². The fourth-order valence-corrected chi connectivity index (χ4v) is 2.25. The minimum absolute atomic E-state index is 0.327. The summed E-state index contributed by atoms with van der Waals surface area (Å²) >= 11 is 0. The Balaban J connectivity index is 3.45. The summed E-state index contributed by atoms with van der Waals surface area (Å²) in [6.45, 7) is 2.86. The van der Waals surface area contributed by atoms with Gasteiger partial charge in [-0.25, -0.2) is 4.79 Å². The molecule has 0 radical (unpaired) electrons. The van der Waals surface area contributed by atoms with Crippen molar-refractivity contribution in [2.75, 3.05) is 6.61 Å². The van der Waals surface area contributed by atoms with Gasteiger partial charge in [-0.2, -0.15) is 74.6 Å².